The molecule has 1 aliphatic rings. The molecule has 108 valence electrons. The second-order valence-corrected chi connectivity index (χ2v) is 4.56. The number of nitrogens with one attached hydrogen (secondary N) is 1. The lowest BCUT2D eigenvalue weighted by Crippen LogP contribution is -2.21. The minimum Gasteiger partial charge on any atom is -0.469 e. The molecule has 1 unspecified atom stereocenters. The summed E-state index contributed by atoms with van der Waals surface area (Å²) >= 11 is 0. The van der Waals surface area contributed by atoms with Gasteiger partial charge in [0.1, 0.15) is 0 Å². The standard InChI is InChI=1S/C14H14F3NO2/c1-8-10(13(19)20-2)7-18-12(8)9-5-3-4-6-11(9)14(15,16)17/h3-6,10,18H,7H2,1-2H3. The van der Waals surface area contributed by atoms with E-state index in [0.717, 1.165) is 6.07 Å². The van der Waals surface area contributed by atoms with Crippen molar-refractivity contribution in [1.82, 2.24) is 5.32 Å². The van der Waals surface area contributed by atoms with Gasteiger partial charge in [0, 0.05) is 17.8 Å². The van der Waals surface area contributed by atoms with E-state index < -0.39 is 23.6 Å². The molecule has 3 nitrogen and oxygen atoms in total. The van der Waals surface area contributed by atoms with Crippen molar-refractivity contribution in [2.75, 3.05) is 13.7 Å². The predicted molar refractivity (Wildman–Crippen MR) is 67.5 cm³/mol. The van der Waals surface area contributed by atoms with E-state index in [1.54, 1.807) is 6.92 Å². The number of carbonyl (C=O) groups is 1. The average Bonchev–Trinajstić information content (AvgIpc) is 2.78. The summed E-state index contributed by atoms with van der Waals surface area (Å²) in [6.07, 6.45) is -4.44. The van der Waals surface area contributed by atoms with Crippen molar-refractivity contribution < 1.29 is 22.7 Å². The molecule has 0 fully saturated rings. The molecule has 1 aliphatic heterocycles. The zero-order chi connectivity index (χ0) is 14.9. The molecule has 1 atom stereocenters. The first kappa shape index (κ1) is 14.4. The van der Waals surface area contributed by atoms with Crippen LogP contribution in [0.1, 0.15) is 18.1 Å². The number of rotatable bonds is 2. The fraction of sp³-hybridized carbons (Fsp3) is 0.357. The molecule has 0 aliphatic carbocycles. The van der Waals surface area contributed by atoms with Crippen LogP contribution >= 0.6 is 0 Å². The lowest BCUT2D eigenvalue weighted by Gasteiger charge is -2.14. The van der Waals surface area contributed by atoms with Gasteiger partial charge in [0.05, 0.1) is 18.6 Å². The fourth-order valence-electron chi connectivity index (χ4n) is 2.33. The molecule has 0 spiro atoms. The van der Waals surface area contributed by atoms with Crippen molar-refractivity contribution in [2.24, 2.45) is 5.92 Å². The molecule has 0 aromatic heterocycles. The second-order valence-electron chi connectivity index (χ2n) is 4.56. The quantitative estimate of drug-likeness (QED) is 0.849. The van der Waals surface area contributed by atoms with Gasteiger partial charge in [0.2, 0.25) is 0 Å². The van der Waals surface area contributed by atoms with Crippen LogP contribution in [0.3, 0.4) is 0 Å². The number of esters is 1. The van der Waals surface area contributed by atoms with Crippen LogP contribution in [0.4, 0.5) is 13.2 Å². The third kappa shape index (κ3) is 2.50. The van der Waals surface area contributed by atoms with Gasteiger partial charge < -0.3 is 10.1 Å². The van der Waals surface area contributed by atoms with Gasteiger partial charge >= 0.3 is 12.1 Å². The minimum absolute atomic E-state index is 0.0592. The number of methoxy groups -OCH3 is 1. The van der Waals surface area contributed by atoms with Gasteiger partial charge in [0.15, 0.2) is 0 Å². The summed E-state index contributed by atoms with van der Waals surface area (Å²) in [5.74, 6) is -0.995. The summed E-state index contributed by atoms with van der Waals surface area (Å²) in [6, 6.07) is 5.31. The topological polar surface area (TPSA) is 38.3 Å². The molecule has 6 heteroatoms. The Balaban J connectivity index is 2.48. The Labute approximate surface area is 114 Å². The smallest absolute Gasteiger partial charge is 0.417 e. The summed E-state index contributed by atoms with van der Waals surface area (Å²) in [4.78, 5) is 11.6. The van der Waals surface area contributed by atoms with E-state index in [2.05, 4.69) is 10.1 Å². The van der Waals surface area contributed by atoms with Crippen LogP contribution in [0.5, 0.6) is 0 Å². The minimum atomic E-state index is -4.44. The number of benzene rings is 1. The summed E-state index contributed by atoms with van der Waals surface area (Å²) in [6.45, 7) is 1.89. The summed E-state index contributed by atoms with van der Waals surface area (Å²) < 4.78 is 43.7. The normalized spacial score (nSPS) is 18.9. The monoisotopic (exact) mass is 285 g/mol. The molecule has 1 aromatic carbocycles. The lowest BCUT2D eigenvalue weighted by molar-refractivity contribution is -0.143. The molecule has 1 heterocycles. The van der Waals surface area contributed by atoms with Crippen LogP contribution in [0.15, 0.2) is 29.8 Å². The lowest BCUT2D eigenvalue weighted by atomic mass is 9.97. The van der Waals surface area contributed by atoms with E-state index in [9.17, 15) is 18.0 Å². The summed E-state index contributed by atoms with van der Waals surface area (Å²) in [5.41, 5.74) is 0.262. The maximum atomic E-state index is 13.0. The summed E-state index contributed by atoms with van der Waals surface area (Å²) in [7, 11) is 1.26. The maximum Gasteiger partial charge on any atom is 0.417 e. The molecule has 2 rings (SSSR count). The SMILES string of the molecule is COC(=O)C1CNC(c2ccccc2C(F)(F)F)=C1C. The third-order valence-corrected chi connectivity index (χ3v) is 3.39. The van der Waals surface area contributed by atoms with E-state index in [4.69, 9.17) is 0 Å². The first-order valence-electron chi connectivity index (χ1n) is 6.05. The van der Waals surface area contributed by atoms with Crippen molar-refractivity contribution >= 4 is 11.7 Å². The van der Waals surface area contributed by atoms with Gasteiger partial charge in [0.25, 0.3) is 0 Å². The maximum absolute atomic E-state index is 13.0. The highest BCUT2D eigenvalue weighted by Gasteiger charge is 2.37. The van der Waals surface area contributed by atoms with Crippen molar-refractivity contribution in [3.8, 4) is 0 Å². The summed E-state index contributed by atoms with van der Waals surface area (Å²) in [5, 5.41) is 2.88. The van der Waals surface area contributed by atoms with Crippen LogP contribution < -0.4 is 5.32 Å². The number of alkyl halides is 3. The Morgan fingerprint density at radius 2 is 2.00 bits per heavy atom. The van der Waals surface area contributed by atoms with Crippen LogP contribution in [0, 0.1) is 5.92 Å². The molecule has 0 amide bonds. The molecule has 1 N–H and O–H groups in total. The largest absolute Gasteiger partial charge is 0.469 e. The van der Waals surface area contributed by atoms with E-state index in [1.165, 1.54) is 25.3 Å². The molecule has 0 saturated carbocycles. The third-order valence-electron chi connectivity index (χ3n) is 3.39. The molecular weight excluding hydrogens is 271 g/mol. The Kier molecular flexibility index (Phi) is 3.74. The van der Waals surface area contributed by atoms with Crippen molar-refractivity contribution in [2.45, 2.75) is 13.1 Å². The molecule has 0 saturated heterocycles. The average molecular weight is 285 g/mol. The van der Waals surface area contributed by atoms with Crippen LogP contribution in [-0.4, -0.2) is 19.6 Å². The first-order valence-corrected chi connectivity index (χ1v) is 6.05. The number of hydrogen-bond donors (Lipinski definition) is 1. The number of carbonyl (C=O) groups excluding carboxylic acids is 1. The van der Waals surface area contributed by atoms with E-state index >= 15 is 0 Å². The molecule has 0 bridgehead atoms. The fourth-order valence-corrected chi connectivity index (χ4v) is 2.33. The van der Waals surface area contributed by atoms with E-state index in [-0.39, 0.29) is 12.1 Å². The highest BCUT2D eigenvalue weighted by Crippen LogP contribution is 2.37. The van der Waals surface area contributed by atoms with Crippen LogP contribution in [0.25, 0.3) is 5.70 Å². The Bertz CT molecular complexity index is 564. The number of hydrogen-bond acceptors (Lipinski definition) is 3. The van der Waals surface area contributed by atoms with Gasteiger partial charge in [-0.25, -0.2) is 0 Å². The highest BCUT2D eigenvalue weighted by molar-refractivity contribution is 5.84. The van der Waals surface area contributed by atoms with E-state index in [1.807, 2.05) is 0 Å². The van der Waals surface area contributed by atoms with Gasteiger partial charge in [-0.1, -0.05) is 18.2 Å². The second kappa shape index (κ2) is 5.19. The van der Waals surface area contributed by atoms with Crippen molar-refractivity contribution in [3.63, 3.8) is 0 Å². The molecule has 20 heavy (non-hydrogen) atoms. The molecular formula is C14H14F3NO2. The Hall–Kier alpha value is -1.98. The zero-order valence-corrected chi connectivity index (χ0v) is 11.0. The molecule has 1 aromatic rings. The number of ether oxygens (including phenoxy) is 1. The predicted octanol–water partition coefficient (Wildman–Crippen LogP) is 2.83. The zero-order valence-electron chi connectivity index (χ0n) is 11.0. The Morgan fingerprint density at radius 3 is 2.60 bits per heavy atom. The van der Waals surface area contributed by atoms with Crippen LogP contribution in [-0.2, 0) is 15.7 Å². The molecule has 0 radical (unpaired) electrons. The van der Waals surface area contributed by atoms with Gasteiger partial charge in [-0.05, 0) is 18.6 Å². The highest BCUT2D eigenvalue weighted by atomic mass is 19.4. The van der Waals surface area contributed by atoms with E-state index in [0.29, 0.717) is 11.3 Å². The van der Waals surface area contributed by atoms with Crippen molar-refractivity contribution in [3.05, 3.63) is 41.0 Å². The number of halogens is 3. The van der Waals surface area contributed by atoms with Gasteiger partial charge in [-0.2, -0.15) is 13.2 Å². The van der Waals surface area contributed by atoms with Gasteiger partial charge in [-0.15, -0.1) is 0 Å². The Morgan fingerprint density at radius 1 is 1.35 bits per heavy atom. The first-order chi connectivity index (χ1) is 9.36. The van der Waals surface area contributed by atoms with Crippen molar-refractivity contribution in [1.29, 1.82) is 0 Å². The van der Waals surface area contributed by atoms with Crippen LogP contribution in [0.2, 0.25) is 0 Å². The van der Waals surface area contributed by atoms with Gasteiger partial charge in [-0.3, -0.25) is 4.79 Å².